The summed E-state index contributed by atoms with van der Waals surface area (Å²) < 4.78 is 14.2. The molecule has 2 aromatic carbocycles. The molecule has 9 heteroatoms. The Morgan fingerprint density at radius 2 is 1.39 bits per heavy atom. The van der Waals surface area contributed by atoms with Crippen molar-refractivity contribution in [2.45, 2.75) is 90.6 Å². The van der Waals surface area contributed by atoms with E-state index in [2.05, 4.69) is 120 Å². The van der Waals surface area contributed by atoms with Crippen LogP contribution in [0.1, 0.15) is 55.4 Å². The molecule has 7 nitrogen and oxygen atoms in total. The zero-order valence-corrected chi connectivity index (χ0v) is 28.4. The highest BCUT2D eigenvalue weighted by atomic mass is 28.4. The summed E-state index contributed by atoms with van der Waals surface area (Å²) in [5, 5.41) is 5.01. The quantitative estimate of drug-likeness (QED) is 0.249. The van der Waals surface area contributed by atoms with Crippen LogP contribution in [0.3, 0.4) is 0 Å². The molecule has 41 heavy (non-hydrogen) atoms. The first-order valence-corrected chi connectivity index (χ1v) is 19.3. The monoisotopic (exact) mass is 596 g/mol. The summed E-state index contributed by atoms with van der Waals surface area (Å²) in [4.78, 5) is 37.6. The Balaban J connectivity index is 2.00. The second-order valence-corrected chi connectivity index (χ2v) is 23.2. The van der Waals surface area contributed by atoms with E-state index in [1.165, 1.54) is 17.3 Å². The number of hydrogen-bond acceptors (Lipinski definition) is 5. The standard InChI is InChI=1S/C32H48N2O5Si2/c1-23(21-39-41(32(6,7)8,25-17-13-11-14-18-25)26-19-15-12-16-20-26)29-28(33-27(36)22-38-24(2)35)30(37)34(29)40(9,10)31(3,4)5/h11-20,23,28-29H,21-22H2,1-10H3,(H,33,36)/t23-,28+,29-/m1/s1. The zero-order valence-electron chi connectivity index (χ0n) is 26.4. The second-order valence-electron chi connectivity index (χ2n) is 13.8. The van der Waals surface area contributed by atoms with Gasteiger partial charge in [0.15, 0.2) is 14.8 Å². The molecule has 3 rings (SSSR count). The maximum atomic E-state index is 13.7. The first-order valence-electron chi connectivity index (χ1n) is 14.5. The summed E-state index contributed by atoms with van der Waals surface area (Å²) in [6.07, 6.45) is 0. The lowest BCUT2D eigenvalue weighted by atomic mass is 9.88. The average Bonchev–Trinajstić information content (AvgIpc) is 2.88. The summed E-state index contributed by atoms with van der Waals surface area (Å²) in [5.74, 6) is -1.15. The van der Waals surface area contributed by atoms with Gasteiger partial charge in [0, 0.05) is 19.4 Å². The summed E-state index contributed by atoms with van der Waals surface area (Å²) in [6.45, 7) is 21.1. The number of β-lactam (4-membered cyclic amide) rings is 1. The van der Waals surface area contributed by atoms with E-state index in [9.17, 15) is 14.4 Å². The van der Waals surface area contributed by atoms with E-state index >= 15 is 0 Å². The molecular formula is C32H48N2O5Si2. The van der Waals surface area contributed by atoms with E-state index in [-0.39, 0.29) is 27.9 Å². The SMILES string of the molecule is CC(=O)OCC(=O)N[C@@H]1C(=O)N([Si](C)(C)C(C)(C)C)[C@@H]1[C@H](C)CO[Si](c1ccccc1)(c1ccccc1)C(C)(C)C. The fourth-order valence-electron chi connectivity index (χ4n) is 5.75. The number of amides is 2. The van der Waals surface area contributed by atoms with Gasteiger partial charge < -0.3 is 19.0 Å². The number of benzene rings is 2. The van der Waals surface area contributed by atoms with Crippen LogP contribution in [0.2, 0.25) is 23.2 Å². The summed E-state index contributed by atoms with van der Waals surface area (Å²) >= 11 is 0. The number of nitrogens with zero attached hydrogens (tertiary/aromatic N) is 1. The Labute approximate surface area is 248 Å². The van der Waals surface area contributed by atoms with E-state index in [4.69, 9.17) is 9.16 Å². The van der Waals surface area contributed by atoms with Gasteiger partial charge in [-0.25, -0.2) is 0 Å². The average molecular weight is 597 g/mol. The number of nitrogens with one attached hydrogen (secondary N) is 1. The number of esters is 1. The van der Waals surface area contributed by atoms with E-state index in [1.807, 2.05) is 12.1 Å². The maximum Gasteiger partial charge on any atom is 0.303 e. The summed E-state index contributed by atoms with van der Waals surface area (Å²) in [7, 11) is -5.06. The molecule has 0 spiro atoms. The number of rotatable bonds is 10. The van der Waals surface area contributed by atoms with Crippen LogP contribution in [-0.4, -0.2) is 64.2 Å². The van der Waals surface area contributed by atoms with Gasteiger partial charge in [-0.2, -0.15) is 0 Å². The van der Waals surface area contributed by atoms with Crippen molar-refractivity contribution >= 4 is 44.7 Å². The summed E-state index contributed by atoms with van der Waals surface area (Å²) in [5.41, 5.74) is 0. The van der Waals surface area contributed by atoms with Crippen molar-refractivity contribution in [3.05, 3.63) is 60.7 Å². The predicted octanol–water partition coefficient (Wildman–Crippen LogP) is 4.46. The van der Waals surface area contributed by atoms with Crippen LogP contribution in [0, 0.1) is 5.92 Å². The van der Waals surface area contributed by atoms with Gasteiger partial charge in [-0.3, -0.25) is 14.4 Å². The molecule has 1 aliphatic rings. The molecule has 1 N–H and O–H groups in total. The van der Waals surface area contributed by atoms with Crippen LogP contribution < -0.4 is 15.7 Å². The van der Waals surface area contributed by atoms with Crippen LogP contribution in [-0.2, 0) is 23.5 Å². The molecular weight excluding hydrogens is 549 g/mol. The number of hydrogen-bond donors (Lipinski definition) is 1. The van der Waals surface area contributed by atoms with Gasteiger partial charge in [-0.15, -0.1) is 0 Å². The topological polar surface area (TPSA) is 84.9 Å². The van der Waals surface area contributed by atoms with E-state index in [0.29, 0.717) is 6.61 Å². The molecule has 0 aromatic heterocycles. The molecule has 0 saturated carbocycles. The Morgan fingerprint density at radius 3 is 1.80 bits per heavy atom. The third-order valence-corrected chi connectivity index (χ3v) is 19.3. The highest BCUT2D eigenvalue weighted by Crippen LogP contribution is 2.45. The minimum atomic E-state index is -2.78. The van der Waals surface area contributed by atoms with Gasteiger partial charge in [-0.1, -0.05) is 122 Å². The molecule has 0 aliphatic carbocycles. The number of ether oxygens (including phenoxy) is 1. The first kappa shape index (κ1) is 32.8. The molecule has 1 saturated heterocycles. The molecule has 0 unspecified atom stereocenters. The van der Waals surface area contributed by atoms with Crippen molar-refractivity contribution in [2.75, 3.05) is 13.2 Å². The fraction of sp³-hybridized carbons (Fsp3) is 0.531. The molecule has 1 heterocycles. The minimum absolute atomic E-state index is 0.0671. The van der Waals surface area contributed by atoms with Crippen molar-refractivity contribution in [3.63, 3.8) is 0 Å². The molecule has 2 amide bonds. The Morgan fingerprint density at radius 1 is 0.902 bits per heavy atom. The molecule has 1 aliphatic heterocycles. The molecule has 2 aromatic rings. The fourth-order valence-corrected chi connectivity index (χ4v) is 13.0. The van der Waals surface area contributed by atoms with Gasteiger partial charge in [0.1, 0.15) is 6.04 Å². The highest BCUT2D eigenvalue weighted by Gasteiger charge is 2.59. The highest BCUT2D eigenvalue weighted by molar-refractivity contribution is 6.99. The number of carbonyl (C=O) groups is 3. The van der Waals surface area contributed by atoms with Crippen LogP contribution in [0.5, 0.6) is 0 Å². The smallest absolute Gasteiger partial charge is 0.303 e. The predicted molar refractivity (Wildman–Crippen MR) is 169 cm³/mol. The molecule has 0 radical (unpaired) electrons. The van der Waals surface area contributed by atoms with Crippen LogP contribution in [0.15, 0.2) is 60.7 Å². The van der Waals surface area contributed by atoms with Crippen molar-refractivity contribution in [2.24, 2.45) is 5.92 Å². The minimum Gasteiger partial charge on any atom is -0.456 e. The summed E-state index contributed by atoms with van der Waals surface area (Å²) in [6, 6.07) is 20.1. The Kier molecular flexibility index (Phi) is 9.77. The normalized spacial score (nSPS) is 18.9. The molecule has 3 atom stereocenters. The van der Waals surface area contributed by atoms with Gasteiger partial charge in [0.2, 0.25) is 5.91 Å². The first-order chi connectivity index (χ1) is 18.9. The molecule has 1 fully saturated rings. The van der Waals surface area contributed by atoms with Crippen molar-refractivity contribution in [3.8, 4) is 0 Å². The third kappa shape index (κ3) is 6.52. The third-order valence-electron chi connectivity index (χ3n) is 8.87. The lowest BCUT2D eigenvalue weighted by Crippen LogP contribution is -2.80. The van der Waals surface area contributed by atoms with Crippen LogP contribution >= 0.6 is 0 Å². The maximum absolute atomic E-state index is 13.7. The van der Waals surface area contributed by atoms with Crippen molar-refractivity contribution in [1.82, 2.24) is 9.88 Å². The van der Waals surface area contributed by atoms with E-state index in [0.717, 1.165) is 0 Å². The van der Waals surface area contributed by atoms with Gasteiger partial charge in [0.25, 0.3) is 14.2 Å². The van der Waals surface area contributed by atoms with Crippen LogP contribution in [0.25, 0.3) is 0 Å². The Bertz CT molecular complexity index is 1180. The largest absolute Gasteiger partial charge is 0.456 e. The van der Waals surface area contributed by atoms with E-state index < -0.39 is 41.1 Å². The lowest BCUT2D eigenvalue weighted by molar-refractivity contribution is -0.152. The van der Waals surface area contributed by atoms with Gasteiger partial charge in [0.05, 0.1) is 6.04 Å². The van der Waals surface area contributed by atoms with Crippen LogP contribution in [0.4, 0.5) is 0 Å². The second kappa shape index (κ2) is 12.2. The van der Waals surface area contributed by atoms with Gasteiger partial charge >= 0.3 is 5.97 Å². The van der Waals surface area contributed by atoms with Crippen molar-refractivity contribution < 1.29 is 23.5 Å². The Hall–Kier alpha value is -2.76. The van der Waals surface area contributed by atoms with E-state index in [1.54, 1.807) is 0 Å². The number of carbonyl (C=O) groups excluding carboxylic acids is 3. The zero-order chi connectivity index (χ0) is 30.8. The lowest BCUT2D eigenvalue weighted by Gasteiger charge is -2.60. The molecule has 224 valence electrons. The van der Waals surface area contributed by atoms with Crippen molar-refractivity contribution in [1.29, 1.82) is 0 Å². The molecule has 0 bridgehead atoms. The van der Waals surface area contributed by atoms with Gasteiger partial charge in [-0.05, 0) is 20.4 Å².